The van der Waals surface area contributed by atoms with Gasteiger partial charge in [-0.3, -0.25) is 0 Å². The van der Waals surface area contributed by atoms with E-state index in [0.29, 0.717) is 0 Å². The van der Waals surface area contributed by atoms with Crippen LogP contribution in [0.3, 0.4) is 0 Å². The summed E-state index contributed by atoms with van der Waals surface area (Å²) in [6, 6.07) is 38.2. The van der Waals surface area contributed by atoms with Gasteiger partial charge in [-0.05, 0) is 154 Å². The Morgan fingerprint density at radius 3 is 1.17 bits per heavy atom. The molecule has 6 aromatic heterocycles. The highest BCUT2D eigenvalue weighted by atomic mass is 32.1. The molecule has 2 aromatic carbocycles. The van der Waals surface area contributed by atoms with E-state index in [1.54, 1.807) is 36.9 Å². The standard InChI is InChI=1S/C50H38O2S6/c1-51-39-15-9-35(10-16-39)7-13-37-33-45(57-47(37)27-23-41-5-3-31-53-41)21-19-43-25-29-49(55-43)50-30-26-44(56-50)20-22-46-34-38(14-8-36-11-17-40(52-2)18-12-36)48(58-46)28-24-42-6-4-32-54-42/h3-34H,1-2H3/b13-7+,14-8+,21-19+,22-20+,27-23+,28-24+. The maximum Gasteiger partial charge on any atom is 0.118 e. The van der Waals surface area contributed by atoms with Gasteiger partial charge < -0.3 is 9.47 Å². The number of benzene rings is 2. The molecule has 0 spiro atoms. The van der Waals surface area contributed by atoms with Crippen molar-refractivity contribution in [3.05, 3.63) is 181 Å². The summed E-state index contributed by atoms with van der Waals surface area (Å²) in [5, 5.41) is 4.23. The summed E-state index contributed by atoms with van der Waals surface area (Å²) in [5.74, 6) is 1.72. The van der Waals surface area contributed by atoms with Gasteiger partial charge in [0.2, 0.25) is 0 Å². The van der Waals surface area contributed by atoms with Gasteiger partial charge in [-0.2, -0.15) is 0 Å². The van der Waals surface area contributed by atoms with E-state index in [9.17, 15) is 0 Å². The molecule has 0 fully saturated rings. The lowest BCUT2D eigenvalue weighted by atomic mass is 10.1. The minimum atomic E-state index is 0.860. The van der Waals surface area contributed by atoms with Crippen LogP contribution in [0.4, 0.5) is 0 Å². The van der Waals surface area contributed by atoms with Crippen LogP contribution in [-0.4, -0.2) is 14.2 Å². The predicted octanol–water partition coefficient (Wildman–Crippen LogP) is 16.8. The van der Waals surface area contributed by atoms with Crippen LogP contribution in [-0.2, 0) is 0 Å². The van der Waals surface area contributed by atoms with Crippen molar-refractivity contribution in [1.29, 1.82) is 0 Å². The molecule has 8 aromatic rings. The van der Waals surface area contributed by atoms with Crippen LogP contribution in [0.2, 0.25) is 0 Å². The van der Waals surface area contributed by atoms with E-state index >= 15 is 0 Å². The number of ether oxygens (including phenoxy) is 2. The second-order valence-corrected chi connectivity index (χ2v) is 19.3. The van der Waals surface area contributed by atoms with E-state index in [1.807, 2.05) is 69.6 Å². The lowest BCUT2D eigenvalue weighted by Crippen LogP contribution is -1.81. The molecule has 0 aliphatic heterocycles. The van der Waals surface area contributed by atoms with Crippen LogP contribution >= 0.6 is 68.0 Å². The van der Waals surface area contributed by atoms with Crippen LogP contribution in [0.25, 0.3) is 82.7 Å². The van der Waals surface area contributed by atoms with Gasteiger partial charge in [0.1, 0.15) is 11.5 Å². The maximum absolute atomic E-state index is 5.33. The summed E-state index contributed by atoms with van der Waals surface area (Å²) in [5.41, 5.74) is 4.68. The Morgan fingerprint density at radius 1 is 0.362 bits per heavy atom. The molecule has 8 heteroatoms. The Morgan fingerprint density at radius 2 is 0.776 bits per heavy atom. The molecule has 6 heterocycles. The highest BCUT2D eigenvalue weighted by Crippen LogP contribution is 2.37. The number of hydrogen-bond acceptors (Lipinski definition) is 8. The normalized spacial score (nSPS) is 12.2. The van der Waals surface area contributed by atoms with Gasteiger partial charge in [0.15, 0.2) is 0 Å². The average molecular weight is 863 g/mol. The lowest BCUT2D eigenvalue weighted by Gasteiger charge is -1.99. The molecule has 0 atom stereocenters. The van der Waals surface area contributed by atoms with E-state index < -0.39 is 0 Å². The average Bonchev–Trinajstić information content (AvgIpc) is 4.12. The zero-order chi connectivity index (χ0) is 39.5. The fraction of sp³-hybridized carbons (Fsp3) is 0.0400. The highest BCUT2D eigenvalue weighted by molar-refractivity contribution is 7.23. The highest BCUT2D eigenvalue weighted by Gasteiger charge is 2.08. The van der Waals surface area contributed by atoms with Crippen LogP contribution in [0.5, 0.6) is 11.5 Å². The predicted molar refractivity (Wildman–Crippen MR) is 264 cm³/mol. The maximum atomic E-state index is 5.33. The van der Waals surface area contributed by atoms with Gasteiger partial charge in [-0.15, -0.1) is 68.0 Å². The molecule has 0 amide bonds. The molecule has 0 aliphatic carbocycles. The molecule has 0 aliphatic rings. The molecular formula is C50H38O2S6. The van der Waals surface area contributed by atoms with Gasteiger partial charge in [-0.1, -0.05) is 60.7 Å². The molecule has 0 radical (unpaired) electrons. The van der Waals surface area contributed by atoms with Crippen molar-refractivity contribution in [2.24, 2.45) is 0 Å². The van der Waals surface area contributed by atoms with Gasteiger partial charge >= 0.3 is 0 Å². The quantitative estimate of drug-likeness (QED) is 0.102. The van der Waals surface area contributed by atoms with E-state index in [1.165, 1.54) is 59.9 Å². The Labute approximate surface area is 364 Å². The monoisotopic (exact) mass is 862 g/mol. The molecule has 0 N–H and O–H groups in total. The summed E-state index contributed by atoms with van der Waals surface area (Å²) < 4.78 is 10.7. The minimum absolute atomic E-state index is 0.860. The third-order valence-corrected chi connectivity index (χ3v) is 15.1. The van der Waals surface area contributed by atoms with Crippen LogP contribution in [0.15, 0.2) is 120 Å². The number of thiophene rings is 6. The smallest absolute Gasteiger partial charge is 0.118 e. The molecule has 286 valence electrons. The van der Waals surface area contributed by atoms with Crippen molar-refractivity contribution >= 4 is 141 Å². The Bertz CT molecular complexity index is 2530. The van der Waals surface area contributed by atoms with Crippen molar-refractivity contribution in [3.63, 3.8) is 0 Å². The van der Waals surface area contributed by atoms with Crippen molar-refractivity contribution < 1.29 is 9.47 Å². The van der Waals surface area contributed by atoms with Gasteiger partial charge in [0, 0.05) is 48.8 Å². The molecular weight excluding hydrogens is 825 g/mol. The Balaban J connectivity index is 0.962. The number of methoxy groups -OCH3 is 2. The summed E-state index contributed by atoms with van der Waals surface area (Å²) in [4.78, 5) is 12.4. The molecule has 58 heavy (non-hydrogen) atoms. The zero-order valence-corrected chi connectivity index (χ0v) is 36.6. The first-order chi connectivity index (χ1) is 28.6. The molecule has 2 nitrogen and oxygen atoms in total. The van der Waals surface area contributed by atoms with E-state index in [2.05, 4.69) is 169 Å². The third-order valence-electron chi connectivity index (χ3n) is 8.97. The minimum Gasteiger partial charge on any atom is -0.497 e. The molecule has 0 saturated carbocycles. The summed E-state index contributed by atoms with van der Waals surface area (Å²) in [6.07, 6.45) is 26.5. The second-order valence-electron chi connectivity index (χ2n) is 12.9. The summed E-state index contributed by atoms with van der Waals surface area (Å²) >= 11 is 10.8. The fourth-order valence-electron chi connectivity index (χ4n) is 5.93. The second kappa shape index (κ2) is 19.4. The van der Waals surface area contributed by atoms with Gasteiger partial charge in [0.05, 0.1) is 14.2 Å². The molecule has 0 unspecified atom stereocenters. The lowest BCUT2D eigenvalue weighted by molar-refractivity contribution is 0.414. The molecule has 8 rings (SSSR count). The Hall–Kier alpha value is -5.32. The fourth-order valence-corrected chi connectivity index (χ4v) is 11.0. The van der Waals surface area contributed by atoms with Gasteiger partial charge in [-0.25, -0.2) is 0 Å². The number of hydrogen-bond donors (Lipinski definition) is 0. The van der Waals surface area contributed by atoms with Gasteiger partial charge in [0.25, 0.3) is 0 Å². The number of rotatable bonds is 15. The van der Waals surface area contributed by atoms with Crippen LogP contribution in [0.1, 0.15) is 61.3 Å². The zero-order valence-electron chi connectivity index (χ0n) is 31.7. The summed E-state index contributed by atoms with van der Waals surface area (Å²) in [6.45, 7) is 0. The van der Waals surface area contributed by atoms with Crippen molar-refractivity contribution in [2.75, 3.05) is 14.2 Å². The SMILES string of the molecule is COc1ccc(/C=C/c2cc(/C=C/c3ccc(-c4ccc(/C=C/c5cc(/C=C/c6ccc(OC)cc6)c(/C=C/c6cccs6)s5)s4)s3)sc2/C=C/c2cccs2)cc1. The van der Waals surface area contributed by atoms with E-state index in [-0.39, 0.29) is 0 Å². The largest absolute Gasteiger partial charge is 0.497 e. The van der Waals surface area contributed by atoms with E-state index in [4.69, 9.17) is 9.47 Å². The van der Waals surface area contributed by atoms with Crippen molar-refractivity contribution in [2.45, 2.75) is 0 Å². The van der Waals surface area contributed by atoms with Crippen molar-refractivity contribution in [1.82, 2.24) is 0 Å². The Kier molecular flexibility index (Phi) is 13.2. The van der Waals surface area contributed by atoms with Crippen molar-refractivity contribution in [3.8, 4) is 21.3 Å². The van der Waals surface area contributed by atoms with E-state index in [0.717, 1.165) is 22.6 Å². The first kappa shape index (κ1) is 39.5. The summed E-state index contributed by atoms with van der Waals surface area (Å²) in [7, 11) is 3.39. The first-order valence-electron chi connectivity index (χ1n) is 18.5. The van der Waals surface area contributed by atoms with Crippen LogP contribution in [0, 0.1) is 0 Å². The first-order valence-corrected chi connectivity index (χ1v) is 23.5. The molecule has 0 saturated heterocycles. The third kappa shape index (κ3) is 10.6. The topological polar surface area (TPSA) is 18.5 Å². The molecule has 0 bridgehead atoms. The van der Waals surface area contributed by atoms with Crippen LogP contribution < -0.4 is 9.47 Å².